The van der Waals surface area contributed by atoms with Gasteiger partial charge in [0.2, 0.25) is 0 Å². The summed E-state index contributed by atoms with van der Waals surface area (Å²) in [5, 5.41) is 3.06. The van der Waals surface area contributed by atoms with Gasteiger partial charge in [-0.25, -0.2) is 0 Å². The topological polar surface area (TPSA) is 29.1 Å². The third-order valence-electron chi connectivity index (χ3n) is 2.00. The molecule has 2 heteroatoms. The van der Waals surface area contributed by atoms with Crippen molar-refractivity contribution in [1.82, 2.24) is 5.32 Å². The highest BCUT2D eigenvalue weighted by atomic mass is 16.1. The molecule has 0 heterocycles. The van der Waals surface area contributed by atoms with Gasteiger partial charge in [-0.1, -0.05) is 34.6 Å². The Morgan fingerprint density at radius 3 is 1.75 bits per heavy atom. The second kappa shape index (κ2) is 4.04. The predicted octanol–water partition coefficient (Wildman–Crippen LogP) is 1.85. The first-order chi connectivity index (χ1) is 5.30. The number of nitrogens with one attached hydrogen (secondary N) is 1. The van der Waals surface area contributed by atoms with Gasteiger partial charge in [0.25, 0.3) is 0 Å². The van der Waals surface area contributed by atoms with E-state index in [1.807, 2.05) is 27.8 Å². The fourth-order valence-electron chi connectivity index (χ4n) is 1.23. The van der Waals surface area contributed by atoms with Crippen molar-refractivity contribution in [2.24, 2.45) is 11.3 Å². The Hall–Kier alpha value is -0.370. The molecule has 0 amide bonds. The molecule has 0 saturated carbocycles. The van der Waals surface area contributed by atoms with E-state index in [1.165, 1.54) is 0 Å². The molecule has 1 atom stereocenters. The van der Waals surface area contributed by atoms with Gasteiger partial charge in [-0.3, -0.25) is 4.79 Å². The molecule has 1 N–H and O–H groups in total. The van der Waals surface area contributed by atoms with E-state index in [1.54, 1.807) is 0 Å². The Bertz CT molecular complexity index is 156. The molecule has 0 unspecified atom stereocenters. The molecular weight excluding hydrogens is 150 g/mol. The van der Waals surface area contributed by atoms with Gasteiger partial charge < -0.3 is 5.32 Å². The molecule has 0 saturated heterocycles. The monoisotopic (exact) mass is 171 g/mol. The summed E-state index contributed by atoms with van der Waals surface area (Å²) in [6, 6.07) is -0.00926. The molecule has 0 rings (SSSR count). The van der Waals surface area contributed by atoms with Crippen molar-refractivity contribution >= 4 is 5.78 Å². The molecule has 72 valence electrons. The van der Waals surface area contributed by atoms with Crippen LogP contribution in [-0.2, 0) is 4.79 Å². The second-order valence-corrected chi connectivity index (χ2v) is 4.62. The highest BCUT2D eigenvalue weighted by molar-refractivity contribution is 5.88. The largest absolute Gasteiger partial charge is 0.310 e. The number of rotatable bonds is 3. The molecule has 0 aromatic rings. The number of carbonyl (C=O) groups is 1. The molecule has 0 aromatic carbocycles. The predicted molar refractivity (Wildman–Crippen MR) is 52.1 cm³/mol. The SMILES string of the molecule is CN[C@H](C(=O)C(C)(C)C)C(C)C. The lowest BCUT2D eigenvalue weighted by Gasteiger charge is -2.26. The van der Waals surface area contributed by atoms with E-state index in [4.69, 9.17) is 0 Å². The summed E-state index contributed by atoms with van der Waals surface area (Å²) in [6.45, 7) is 10.0. The van der Waals surface area contributed by atoms with Crippen LogP contribution in [0.3, 0.4) is 0 Å². The Labute approximate surface area is 75.7 Å². The summed E-state index contributed by atoms with van der Waals surface area (Å²) in [5.41, 5.74) is -0.238. The van der Waals surface area contributed by atoms with Crippen molar-refractivity contribution in [2.45, 2.75) is 40.7 Å². The lowest BCUT2D eigenvalue weighted by Crippen LogP contribution is -2.44. The molecule has 0 radical (unpaired) electrons. The number of Topliss-reactive ketones (excluding diaryl/α,β-unsaturated/α-hetero) is 1. The van der Waals surface area contributed by atoms with Crippen molar-refractivity contribution in [2.75, 3.05) is 7.05 Å². The van der Waals surface area contributed by atoms with E-state index < -0.39 is 0 Å². The van der Waals surface area contributed by atoms with Crippen LogP contribution in [0.2, 0.25) is 0 Å². The maximum absolute atomic E-state index is 11.8. The fourth-order valence-corrected chi connectivity index (χ4v) is 1.23. The first kappa shape index (κ1) is 11.6. The summed E-state index contributed by atoms with van der Waals surface area (Å²) < 4.78 is 0. The normalized spacial score (nSPS) is 14.9. The van der Waals surface area contributed by atoms with Gasteiger partial charge in [-0.2, -0.15) is 0 Å². The van der Waals surface area contributed by atoms with Gasteiger partial charge in [0.15, 0.2) is 5.78 Å². The van der Waals surface area contributed by atoms with E-state index in [0.717, 1.165) is 0 Å². The van der Waals surface area contributed by atoms with Crippen LogP contribution < -0.4 is 5.32 Å². The third-order valence-corrected chi connectivity index (χ3v) is 2.00. The van der Waals surface area contributed by atoms with E-state index in [2.05, 4.69) is 19.2 Å². The van der Waals surface area contributed by atoms with Gasteiger partial charge in [-0.05, 0) is 13.0 Å². The summed E-state index contributed by atoms with van der Waals surface area (Å²) in [5.74, 6) is 0.654. The smallest absolute Gasteiger partial charge is 0.155 e. The first-order valence-electron chi connectivity index (χ1n) is 4.52. The zero-order valence-electron chi connectivity index (χ0n) is 9.06. The Balaban J connectivity index is 4.44. The van der Waals surface area contributed by atoms with Gasteiger partial charge >= 0.3 is 0 Å². The van der Waals surface area contributed by atoms with E-state index >= 15 is 0 Å². The lowest BCUT2D eigenvalue weighted by molar-refractivity contribution is -0.129. The van der Waals surface area contributed by atoms with Crippen molar-refractivity contribution in [3.63, 3.8) is 0 Å². The van der Waals surface area contributed by atoms with Gasteiger partial charge in [-0.15, -0.1) is 0 Å². The molecule has 0 fully saturated rings. The van der Waals surface area contributed by atoms with Gasteiger partial charge in [0, 0.05) is 5.41 Å². The van der Waals surface area contributed by atoms with Crippen LogP contribution in [0.5, 0.6) is 0 Å². The number of likely N-dealkylation sites (N-methyl/N-ethyl adjacent to an activating group) is 1. The summed E-state index contributed by atoms with van der Waals surface area (Å²) >= 11 is 0. The zero-order chi connectivity index (χ0) is 9.94. The Morgan fingerprint density at radius 2 is 1.67 bits per heavy atom. The highest BCUT2D eigenvalue weighted by Gasteiger charge is 2.30. The average Bonchev–Trinajstić information content (AvgIpc) is 1.86. The van der Waals surface area contributed by atoms with Crippen LogP contribution in [0.15, 0.2) is 0 Å². The van der Waals surface area contributed by atoms with Crippen LogP contribution in [-0.4, -0.2) is 18.9 Å². The van der Waals surface area contributed by atoms with Crippen molar-refractivity contribution in [1.29, 1.82) is 0 Å². The van der Waals surface area contributed by atoms with Gasteiger partial charge in [0.1, 0.15) is 0 Å². The lowest BCUT2D eigenvalue weighted by atomic mass is 9.82. The molecule has 0 aliphatic heterocycles. The van der Waals surface area contributed by atoms with Crippen molar-refractivity contribution in [3.8, 4) is 0 Å². The summed E-state index contributed by atoms with van der Waals surface area (Å²) in [7, 11) is 1.84. The van der Waals surface area contributed by atoms with E-state index in [9.17, 15) is 4.79 Å². The molecule has 12 heavy (non-hydrogen) atoms. The maximum atomic E-state index is 11.8. The van der Waals surface area contributed by atoms with Crippen LogP contribution >= 0.6 is 0 Å². The Morgan fingerprint density at radius 1 is 1.25 bits per heavy atom. The minimum atomic E-state index is -0.238. The minimum Gasteiger partial charge on any atom is -0.310 e. The summed E-state index contributed by atoms with van der Waals surface area (Å²) in [4.78, 5) is 11.8. The van der Waals surface area contributed by atoms with Gasteiger partial charge in [0.05, 0.1) is 6.04 Å². The fraction of sp³-hybridized carbons (Fsp3) is 0.900. The Kier molecular flexibility index (Phi) is 3.91. The van der Waals surface area contributed by atoms with Crippen LogP contribution in [0.25, 0.3) is 0 Å². The quantitative estimate of drug-likeness (QED) is 0.702. The molecule has 2 nitrogen and oxygen atoms in total. The van der Waals surface area contributed by atoms with E-state index in [-0.39, 0.29) is 11.5 Å². The number of hydrogen-bond donors (Lipinski definition) is 1. The molecule has 0 aliphatic carbocycles. The van der Waals surface area contributed by atoms with E-state index in [0.29, 0.717) is 11.7 Å². The van der Waals surface area contributed by atoms with Crippen LogP contribution in [0.4, 0.5) is 0 Å². The molecule has 0 spiro atoms. The molecular formula is C10H21NO. The molecule has 0 aromatic heterocycles. The standard InChI is InChI=1S/C10H21NO/c1-7(2)8(11-6)9(12)10(3,4)5/h7-8,11H,1-6H3/t8-/m0/s1. The number of ketones is 1. The third kappa shape index (κ3) is 2.94. The first-order valence-corrected chi connectivity index (χ1v) is 4.52. The molecule has 0 aliphatic rings. The highest BCUT2D eigenvalue weighted by Crippen LogP contribution is 2.19. The second-order valence-electron chi connectivity index (χ2n) is 4.62. The maximum Gasteiger partial charge on any atom is 0.155 e. The van der Waals surface area contributed by atoms with Crippen molar-refractivity contribution < 1.29 is 4.79 Å². The number of carbonyl (C=O) groups excluding carboxylic acids is 1. The minimum absolute atomic E-state index is 0.00926. The van der Waals surface area contributed by atoms with Crippen LogP contribution in [0.1, 0.15) is 34.6 Å². The number of hydrogen-bond acceptors (Lipinski definition) is 2. The molecule has 0 bridgehead atoms. The zero-order valence-corrected chi connectivity index (χ0v) is 9.06. The van der Waals surface area contributed by atoms with Crippen LogP contribution in [0, 0.1) is 11.3 Å². The summed E-state index contributed by atoms with van der Waals surface area (Å²) in [6.07, 6.45) is 0. The average molecular weight is 171 g/mol. The van der Waals surface area contributed by atoms with Crippen molar-refractivity contribution in [3.05, 3.63) is 0 Å².